The van der Waals surface area contributed by atoms with Crippen molar-refractivity contribution in [2.45, 2.75) is 20.3 Å². The van der Waals surface area contributed by atoms with Crippen LogP contribution >= 0.6 is 15.9 Å². The minimum atomic E-state index is 0.0325. The molecular weight excluding hydrogens is 380 g/mol. The number of carbonyl (C=O) groups is 1. The van der Waals surface area contributed by atoms with Gasteiger partial charge in [-0.25, -0.2) is 0 Å². The van der Waals surface area contributed by atoms with Crippen LogP contribution in [0.4, 0.5) is 5.69 Å². The molecule has 1 atom stereocenters. The first kappa shape index (κ1) is 19.5. The molecule has 0 spiro atoms. The number of carbonyl (C=O) groups excluding carboxylic acids is 1. The number of ether oxygens (including phenoxy) is 1. The van der Waals surface area contributed by atoms with Gasteiger partial charge in [0, 0.05) is 10.2 Å². The molecule has 4 nitrogen and oxygen atoms in total. The van der Waals surface area contributed by atoms with Crippen LogP contribution in [0.25, 0.3) is 0 Å². The van der Waals surface area contributed by atoms with Gasteiger partial charge < -0.3 is 15.0 Å². The van der Waals surface area contributed by atoms with Crippen LogP contribution in [0.5, 0.6) is 5.75 Å². The molecule has 2 aromatic rings. The second-order valence-corrected chi connectivity index (χ2v) is 7.11. The van der Waals surface area contributed by atoms with Gasteiger partial charge in [-0.05, 0) is 48.7 Å². The van der Waals surface area contributed by atoms with E-state index in [4.69, 9.17) is 4.74 Å². The van der Waals surface area contributed by atoms with Crippen molar-refractivity contribution in [3.8, 4) is 5.75 Å². The predicted octanol–water partition coefficient (Wildman–Crippen LogP) is 2.85. The Balaban J connectivity index is 1.79. The van der Waals surface area contributed by atoms with Crippen molar-refractivity contribution in [3.05, 3.63) is 58.1 Å². The predicted molar refractivity (Wildman–Crippen MR) is 105 cm³/mol. The van der Waals surface area contributed by atoms with Crippen molar-refractivity contribution in [2.24, 2.45) is 0 Å². The molecule has 0 fully saturated rings. The number of anilines is 1. The lowest BCUT2D eigenvalue weighted by atomic mass is 10.1. The van der Waals surface area contributed by atoms with E-state index >= 15 is 0 Å². The molecule has 1 unspecified atom stereocenters. The minimum Gasteiger partial charge on any atom is -0.488 e. The molecule has 0 aliphatic carbocycles. The molecule has 0 heterocycles. The highest BCUT2D eigenvalue weighted by molar-refractivity contribution is 9.10. The van der Waals surface area contributed by atoms with E-state index in [2.05, 4.69) is 34.2 Å². The summed E-state index contributed by atoms with van der Waals surface area (Å²) in [5, 5.41) is 3.07. The summed E-state index contributed by atoms with van der Waals surface area (Å²) in [6, 6.07) is 13.9. The van der Waals surface area contributed by atoms with Crippen LogP contribution in [0.3, 0.4) is 0 Å². The van der Waals surface area contributed by atoms with E-state index in [0.29, 0.717) is 13.2 Å². The zero-order valence-electron chi connectivity index (χ0n) is 15.1. The Morgan fingerprint density at radius 3 is 2.60 bits per heavy atom. The van der Waals surface area contributed by atoms with E-state index in [-0.39, 0.29) is 5.91 Å². The molecule has 0 saturated heterocycles. The van der Waals surface area contributed by atoms with Crippen molar-refractivity contribution in [1.82, 2.24) is 0 Å². The van der Waals surface area contributed by atoms with Gasteiger partial charge in [-0.3, -0.25) is 4.79 Å². The van der Waals surface area contributed by atoms with Crippen LogP contribution in [0.2, 0.25) is 0 Å². The summed E-state index contributed by atoms with van der Waals surface area (Å²) in [7, 11) is 2.00. The van der Waals surface area contributed by atoms with Crippen molar-refractivity contribution in [2.75, 3.05) is 32.1 Å². The van der Waals surface area contributed by atoms with Crippen LogP contribution in [-0.4, -0.2) is 32.7 Å². The zero-order chi connectivity index (χ0) is 18.2. The molecule has 0 aliphatic heterocycles. The highest BCUT2D eigenvalue weighted by atomic mass is 79.9. The molecule has 0 saturated carbocycles. The molecule has 2 rings (SSSR count). The van der Waals surface area contributed by atoms with E-state index in [0.717, 1.165) is 39.3 Å². The van der Waals surface area contributed by atoms with Gasteiger partial charge in [-0.1, -0.05) is 41.1 Å². The first-order valence-corrected chi connectivity index (χ1v) is 9.37. The molecule has 2 aromatic carbocycles. The maximum Gasteiger partial charge on any atom is 0.279 e. The standard InChI is InChI=1S/C20H25BrN2O2/c1-4-16-7-5-6-15(2)20(16)22-19(24)14-23(3)12-13-25-18-10-8-17(21)9-11-18/h5-11H,4,12-14H2,1-3H3,(H,22,24)/p+1. The zero-order valence-corrected chi connectivity index (χ0v) is 16.7. The quantitative estimate of drug-likeness (QED) is 0.708. The lowest BCUT2D eigenvalue weighted by molar-refractivity contribution is -0.871. The second-order valence-electron chi connectivity index (χ2n) is 6.20. The number of likely N-dealkylation sites (N-methyl/N-ethyl adjacent to an activating group) is 1. The first-order chi connectivity index (χ1) is 12.0. The summed E-state index contributed by atoms with van der Waals surface area (Å²) in [5.41, 5.74) is 3.22. The molecule has 0 radical (unpaired) electrons. The van der Waals surface area contributed by atoms with Crippen LogP contribution in [0, 0.1) is 6.92 Å². The van der Waals surface area contributed by atoms with Gasteiger partial charge in [0.2, 0.25) is 0 Å². The number of quaternary nitrogens is 1. The van der Waals surface area contributed by atoms with Crippen LogP contribution in [0.15, 0.2) is 46.9 Å². The monoisotopic (exact) mass is 405 g/mol. The van der Waals surface area contributed by atoms with Gasteiger partial charge in [0.15, 0.2) is 6.54 Å². The Bertz CT molecular complexity index is 701. The first-order valence-electron chi connectivity index (χ1n) is 8.57. The highest BCUT2D eigenvalue weighted by Gasteiger charge is 2.13. The van der Waals surface area contributed by atoms with Crippen LogP contribution < -0.4 is 15.0 Å². The number of rotatable bonds is 8. The third-order valence-corrected chi connectivity index (χ3v) is 4.61. The Morgan fingerprint density at radius 1 is 1.20 bits per heavy atom. The third-order valence-electron chi connectivity index (χ3n) is 4.08. The highest BCUT2D eigenvalue weighted by Crippen LogP contribution is 2.20. The number of para-hydroxylation sites is 1. The molecule has 0 aromatic heterocycles. The van der Waals surface area contributed by atoms with Crippen molar-refractivity contribution >= 4 is 27.5 Å². The number of hydrogen-bond donors (Lipinski definition) is 2. The van der Waals surface area contributed by atoms with Gasteiger partial charge >= 0.3 is 0 Å². The smallest absolute Gasteiger partial charge is 0.279 e. The van der Waals surface area contributed by atoms with Crippen LogP contribution in [0.1, 0.15) is 18.1 Å². The maximum atomic E-state index is 12.3. The average molecular weight is 406 g/mol. The number of benzene rings is 2. The van der Waals surface area contributed by atoms with Gasteiger partial charge in [0.25, 0.3) is 5.91 Å². The Morgan fingerprint density at radius 2 is 1.92 bits per heavy atom. The molecular formula is C20H26BrN2O2+. The van der Waals surface area contributed by atoms with E-state index in [1.54, 1.807) is 0 Å². The molecule has 0 bridgehead atoms. The topological polar surface area (TPSA) is 42.8 Å². The summed E-state index contributed by atoms with van der Waals surface area (Å²) in [6.07, 6.45) is 0.904. The lowest BCUT2D eigenvalue weighted by Gasteiger charge is -2.16. The normalized spacial score (nSPS) is 11.8. The van der Waals surface area contributed by atoms with Gasteiger partial charge in [-0.15, -0.1) is 0 Å². The Kier molecular flexibility index (Phi) is 7.47. The molecule has 0 aliphatic rings. The molecule has 25 heavy (non-hydrogen) atoms. The summed E-state index contributed by atoms with van der Waals surface area (Å²) in [4.78, 5) is 13.4. The SMILES string of the molecule is CCc1cccc(C)c1NC(=O)C[NH+](C)CCOc1ccc(Br)cc1. The summed E-state index contributed by atoms with van der Waals surface area (Å²) in [6.45, 7) is 5.88. The maximum absolute atomic E-state index is 12.3. The number of hydrogen-bond acceptors (Lipinski definition) is 2. The number of amides is 1. The summed E-state index contributed by atoms with van der Waals surface area (Å²) in [5.74, 6) is 0.873. The van der Waals surface area contributed by atoms with E-state index in [9.17, 15) is 4.79 Å². The van der Waals surface area contributed by atoms with Crippen molar-refractivity contribution in [1.29, 1.82) is 0 Å². The Labute approximate surface area is 158 Å². The Hall–Kier alpha value is -1.85. The van der Waals surface area contributed by atoms with Crippen molar-refractivity contribution in [3.63, 3.8) is 0 Å². The number of aryl methyl sites for hydroxylation is 2. The van der Waals surface area contributed by atoms with Gasteiger partial charge in [0.05, 0.1) is 7.05 Å². The third kappa shape index (κ3) is 6.18. The van der Waals surface area contributed by atoms with E-state index in [1.165, 1.54) is 5.56 Å². The van der Waals surface area contributed by atoms with Gasteiger partial charge in [-0.2, -0.15) is 0 Å². The summed E-state index contributed by atoms with van der Waals surface area (Å²) < 4.78 is 6.74. The largest absolute Gasteiger partial charge is 0.488 e. The fourth-order valence-corrected chi connectivity index (χ4v) is 2.89. The minimum absolute atomic E-state index is 0.0325. The van der Waals surface area contributed by atoms with E-state index < -0.39 is 0 Å². The lowest BCUT2D eigenvalue weighted by Crippen LogP contribution is -3.10. The van der Waals surface area contributed by atoms with Crippen LogP contribution in [-0.2, 0) is 11.2 Å². The molecule has 134 valence electrons. The number of halogens is 1. The average Bonchev–Trinajstić information content (AvgIpc) is 2.58. The van der Waals surface area contributed by atoms with Gasteiger partial charge in [0.1, 0.15) is 18.9 Å². The second kappa shape index (κ2) is 9.59. The molecule has 5 heteroatoms. The fraction of sp³-hybridized carbons (Fsp3) is 0.350. The van der Waals surface area contributed by atoms with Crippen molar-refractivity contribution < 1.29 is 14.4 Å². The number of nitrogens with one attached hydrogen (secondary N) is 2. The fourth-order valence-electron chi connectivity index (χ4n) is 2.62. The molecule has 1 amide bonds. The summed E-state index contributed by atoms with van der Waals surface area (Å²) >= 11 is 3.40. The molecule has 2 N–H and O–H groups in total. The van der Waals surface area contributed by atoms with E-state index in [1.807, 2.05) is 50.4 Å².